The highest BCUT2D eigenvalue weighted by Gasteiger charge is 2.33. The summed E-state index contributed by atoms with van der Waals surface area (Å²) in [6, 6.07) is 4.72. The van der Waals surface area contributed by atoms with Crippen LogP contribution < -0.4 is 15.1 Å². The number of benzene rings is 1. The van der Waals surface area contributed by atoms with Crippen molar-refractivity contribution in [3.8, 4) is 0 Å². The van der Waals surface area contributed by atoms with Crippen molar-refractivity contribution in [1.82, 2.24) is 5.32 Å². The summed E-state index contributed by atoms with van der Waals surface area (Å²) < 4.78 is 36.3. The lowest BCUT2D eigenvalue weighted by molar-refractivity contribution is 0.143. The molecule has 10 heteroatoms. The van der Waals surface area contributed by atoms with Crippen molar-refractivity contribution < 1.29 is 18.1 Å². The van der Waals surface area contributed by atoms with Gasteiger partial charge in [0.15, 0.2) is 0 Å². The van der Waals surface area contributed by atoms with Crippen LogP contribution in [0.3, 0.4) is 0 Å². The first-order valence-electron chi connectivity index (χ1n) is 9.25. The Balaban J connectivity index is 1.66. The number of ether oxygens (including phenoxy) is 1. The topological polar surface area (TPSA) is 74.2 Å². The van der Waals surface area contributed by atoms with Gasteiger partial charge in [0.1, 0.15) is 11.9 Å². The molecule has 0 aromatic heterocycles. The fraction of sp³-hybridized carbons (Fsp3) is 0.556. The second kappa shape index (κ2) is 8.60. The van der Waals surface area contributed by atoms with Gasteiger partial charge in [-0.05, 0) is 24.6 Å². The minimum absolute atomic E-state index is 0.334. The number of nitrogens with zero attached hydrogens (tertiary/aromatic N) is 3. The molecule has 28 heavy (non-hydrogen) atoms. The molecule has 2 heterocycles. The number of hydrogen-bond donors (Lipinski definition) is 1. The van der Waals surface area contributed by atoms with Crippen molar-refractivity contribution in [2.45, 2.75) is 19.4 Å². The van der Waals surface area contributed by atoms with E-state index in [4.69, 9.17) is 17.0 Å². The van der Waals surface area contributed by atoms with E-state index in [1.54, 1.807) is 19.2 Å². The van der Waals surface area contributed by atoms with E-state index in [0.717, 1.165) is 6.42 Å². The Labute approximate surface area is 170 Å². The quantitative estimate of drug-likeness (QED) is 0.726. The molecule has 1 N–H and O–H groups in total. The fourth-order valence-corrected chi connectivity index (χ4v) is 4.92. The van der Waals surface area contributed by atoms with Crippen LogP contribution in [-0.4, -0.2) is 66.1 Å². The summed E-state index contributed by atoms with van der Waals surface area (Å²) in [6.45, 7) is 3.70. The maximum Gasteiger partial charge on any atom is 0.414 e. The molecule has 7 nitrogen and oxygen atoms in total. The zero-order chi connectivity index (χ0) is 20.3. The lowest BCUT2D eigenvalue weighted by atomic mass is 10.2. The van der Waals surface area contributed by atoms with Crippen LogP contribution in [0.25, 0.3) is 0 Å². The fourth-order valence-electron chi connectivity index (χ4n) is 3.25. The molecule has 154 valence electrons. The van der Waals surface area contributed by atoms with E-state index in [1.807, 2.05) is 11.8 Å². The van der Waals surface area contributed by atoms with E-state index in [-0.39, 0.29) is 6.10 Å². The molecule has 0 spiro atoms. The van der Waals surface area contributed by atoms with E-state index in [1.165, 1.54) is 11.0 Å². The van der Waals surface area contributed by atoms with Crippen LogP contribution in [0.15, 0.2) is 22.6 Å². The maximum atomic E-state index is 14.7. The number of carbonyl (C=O) groups excluding carboxylic acids is 1. The van der Waals surface area contributed by atoms with E-state index in [2.05, 4.69) is 9.68 Å². The van der Waals surface area contributed by atoms with Crippen LogP contribution in [0.5, 0.6) is 0 Å². The third-order valence-electron chi connectivity index (χ3n) is 5.00. The van der Waals surface area contributed by atoms with Gasteiger partial charge in [-0.25, -0.2) is 17.8 Å². The molecule has 1 aromatic carbocycles. The Hall–Kier alpha value is -1.94. The van der Waals surface area contributed by atoms with Crippen molar-refractivity contribution >= 4 is 44.4 Å². The summed E-state index contributed by atoms with van der Waals surface area (Å²) in [5, 5.41) is 3.06. The second-order valence-electron chi connectivity index (χ2n) is 6.76. The molecule has 0 saturated carbocycles. The van der Waals surface area contributed by atoms with Crippen molar-refractivity contribution in [3.63, 3.8) is 0 Å². The van der Waals surface area contributed by atoms with E-state index in [9.17, 15) is 13.4 Å². The first-order valence-corrected chi connectivity index (χ1v) is 11.5. The SMILES string of the molecule is CCC(=S)NC[C@H]1CN(c2ccc(N3CCS(=O)(=NC)CC3)c(F)c2)C(=O)O1. The maximum absolute atomic E-state index is 14.7. The number of cyclic esters (lactones) is 1. The third-order valence-corrected chi connectivity index (χ3v) is 7.74. The number of thiocarbonyl (C=S) groups is 1. The second-order valence-corrected chi connectivity index (χ2v) is 9.98. The summed E-state index contributed by atoms with van der Waals surface area (Å²) in [4.78, 5) is 16.2. The zero-order valence-corrected chi connectivity index (χ0v) is 17.7. The number of carbonyl (C=O) groups is 1. The Kier molecular flexibility index (Phi) is 6.39. The van der Waals surface area contributed by atoms with Gasteiger partial charge in [0.05, 0.1) is 29.5 Å². The molecule has 0 radical (unpaired) electrons. The third kappa shape index (κ3) is 4.54. The first kappa shape index (κ1) is 20.8. The predicted molar refractivity (Wildman–Crippen MR) is 113 cm³/mol. The van der Waals surface area contributed by atoms with Gasteiger partial charge in [-0.2, -0.15) is 0 Å². The van der Waals surface area contributed by atoms with Gasteiger partial charge in [0, 0.05) is 41.4 Å². The molecule has 2 saturated heterocycles. The van der Waals surface area contributed by atoms with Crippen LogP contribution in [0.4, 0.5) is 20.6 Å². The Morgan fingerprint density at radius 1 is 1.43 bits per heavy atom. The average molecular weight is 429 g/mol. The minimum atomic E-state index is -2.15. The highest BCUT2D eigenvalue weighted by Crippen LogP contribution is 2.28. The summed E-state index contributed by atoms with van der Waals surface area (Å²) in [5.74, 6) is 0.440. The standard InChI is InChI=1S/C18H25FN4O3S2/c1-3-17(27)21-11-14-12-23(18(24)26-14)13-4-5-16(15(19)10-13)22-6-8-28(25,20-2)9-7-22/h4-5,10,14H,3,6-9,11-12H2,1-2H3,(H,21,27)/t14-/m0/s1. The largest absolute Gasteiger partial charge is 0.442 e. The first-order chi connectivity index (χ1) is 13.3. The number of amides is 1. The van der Waals surface area contributed by atoms with Gasteiger partial charge >= 0.3 is 6.09 Å². The molecule has 0 unspecified atom stereocenters. The molecule has 0 bridgehead atoms. The minimum Gasteiger partial charge on any atom is -0.442 e. The smallest absolute Gasteiger partial charge is 0.414 e. The van der Waals surface area contributed by atoms with E-state index >= 15 is 0 Å². The molecule has 2 aliphatic rings. The molecule has 3 rings (SSSR count). The zero-order valence-electron chi connectivity index (χ0n) is 16.0. The number of anilines is 2. The van der Waals surface area contributed by atoms with E-state index < -0.39 is 21.6 Å². The molecule has 1 atom stereocenters. The van der Waals surface area contributed by atoms with Gasteiger partial charge in [-0.15, -0.1) is 0 Å². The molecule has 2 aliphatic heterocycles. The summed E-state index contributed by atoms with van der Waals surface area (Å²) >= 11 is 5.11. The van der Waals surface area contributed by atoms with Crippen molar-refractivity contribution in [2.24, 2.45) is 4.36 Å². The highest BCUT2D eigenvalue weighted by molar-refractivity contribution is 7.93. The van der Waals surface area contributed by atoms with Crippen LogP contribution in [0.1, 0.15) is 13.3 Å². The molecular weight excluding hydrogens is 403 g/mol. The van der Waals surface area contributed by atoms with Crippen molar-refractivity contribution in [3.05, 3.63) is 24.0 Å². The Bertz CT molecular complexity index is 872. The molecular formula is C18H25FN4O3S2. The molecule has 1 amide bonds. The predicted octanol–water partition coefficient (Wildman–Crippen LogP) is 2.40. The summed E-state index contributed by atoms with van der Waals surface area (Å²) in [5.41, 5.74) is 0.900. The molecule has 2 fully saturated rings. The summed E-state index contributed by atoms with van der Waals surface area (Å²) in [6.07, 6.45) is -0.110. The van der Waals surface area contributed by atoms with Crippen LogP contribution in [-0.2, 0) is 14.5 Å². The number of rotatable bonds is 5. The number of halogens is 1. The highest BCUT2D eigenvalue weighted by atomic mass is 32.2. The Morgan fingerprint density at radius 2 is 2.14 bits per heavy atom. The van der Waals surface area contributed by atoms with Gasteiger partial charge in [0.25, 0.3) is 0 Å². The van der Waals surface area contributed by atoms with Crippen molar-refractivity contribution in [1.29, 1.82) is 0 Å². The summed E-state index contributed by atoms with van der Waals surface area (Å²) in [7, 11) is -0.583. The average Bonchev–Trinajstić information content (AvgIpc) is 3.07. The van der Waals surface area contributed by atoms with E-state index in [0.29, 0.717) is 54.0 Å². The Morgan fingerprint density at radius 3 is 2.75 bits per heavy atom. The van der Waals surface area contributed by atoms with Gasteiger partial charge in [-0.3, -0.25) is 4.90 Å². The van der Waals surface area contributed by atoms with Crippen LogP contribution >= 0.6 is 12.2 Å². The molecule has 1 aromatic rings. The van der Waals surface area contributed by atoms with Gasteiger partial charge in [0.2, 0.25) is 0 Å². The number of nitrogens with one attached hydrogen (secondary N) is 1. The van der Waals surface area contributed by atoms with Gasteiger partial charge < -0.3 is 15.0 Å². The van der Waals surface area contributed by atoms with Crippen molar-refractivity contribution in [2.75, 3.05) is 54.5 Å². The lowest BCUT2D eigenvalue weighted by Crippen LogP contribution is -2.40. The number of hydrogen-bond acceptors (Lipinski definition) is 6. The lowest BCUT2D eigenvalue weighted by Gasteiger charge is -2.31. The van der Waals surface area contributed by atoms with Crippen LogP contribution in [0.2, 0.25) is 0 Å². The van der Waals surface area contributed by atoms with Gasteiger partial charge in [-0.1, -0.05) is 19.1 Å². The van der Waals surface area contributed by atoms with Crippen LogP contribution in [0, 0.1) is 5.82 Å². The monoisotopic (exact) mass is 428 g/mol. The normalized spacial score (nSPS) is 21.4. The molecule has 0 aliphatic carbocycles.